The van der Waals surface area contributed by atoms with Gasteiger partial charge in [-0.15, -0.1) is 0 Å². The standard InChI is InChI=1S/C14H20N2O4/c1-20-9-4-2-3-8-15-14(19)16-12-7-5-6-11(10-12)13(17)18/h5-7,10H,2-4,8-9H2,1H3,(H,17,18)(H2,15,16,19). The van der Waals surface area contributed by atoms with Gasteiger partial charge in [-0.05, 0) is 37.5 Å². The molecule has 0 aliphatic rings. The number of carboxylic acids is 1. The van der Waals surface area contributed by atoms with Gasteiger partial charge in [-0.25, -0.2) is 9.59 Å². The highest BCUT2D eigenvalue weighted by atomic mass is 16.5. The third-order valence-corrected chi connectivity index (χ3v) is 2.68. The molecular formula is C14H20N2O4. The number of unbranched alkanes of at least 4 members (excludes halogenated alkanes) is 2. The Morgan fingerprint density at radius 3 is 2.75 bits per heavy atom. The molecule has 0 aliphatic heterocycles. The summed E-state index contributed by atoms with van der Waals surface area (Å²) in [5.41, 5.74) is 0.601. The summed E-state index contributed by atoms with van der Waals surface area (Å²) in [6.45, 7) is 1.31. The number of methoxy groups -OCH3 is 1. The van der Waals surface area contributed by atoms with Crippen molar-refractivity contribution in [3.8, 4) is 0 Å². The van der Waals surface area contributed by atoms with Crippen LogP contribution < -0.4 is 10.6 Å². The fraction of sp³-hybridized carbons (Fsp3) is 0.429. The molecule has 0 aromatic heterocycles. The Balaban J connectivity index is 2.28. The fourth-order valence-corrected chi connectivity index (χ4v) is 1.66. The van der Waals surface area contributed by atoms with E-state index < -0.39 is 5.97 Å². The number of carbonyl (C=O) groups excluding carboxylic acids is 1. The number of hydrogen-bond acceptors (Lipinski definition) is 3. The molecule has 20 heavy (non-hydrogen) atoms. The second kappa shape index (κ2) is 8.92. The maximum Gasteiger partial charge on any atom is 0.335 e. The third-order valence-electron chi connectivity index (χ3n) is 2.68. The molecule has 1 aromatic carbocycles. The van der Waals surface area contributed by atoms with Gasteiger partial charge in [-0.1, -0.05) is 6.07 Å². The second-order valence-electron chi connectivity index (χ2n) is 4.32. The molecule has 3 N–H and O–H groups in total. The number of aromatic carboxylic acids is 1. The van der Waals surface area contributed by atoms with Crippen LogP contribution in [0.4, 0.5) is 10.5 Å². The Labute approximate surface area is 118 Å². The lowest BCUT2D eigenvalue weighted by Crippen LogP contribution is -2.29. The van der Waals surface area contributed by atoms with Crippen LogP contribution in [0.1, 0.15) is 29.6 Å². The van der Waals surface area contributed by atoms with Crippen molar-refractivity contribution in [1.29, 1.82) is 0 Å². The number of nitrogens with one attached hydrogen (secondary N) is 2. The lowest BCUT2D eigenvalue weighted by molar-refractivity contribution is 0.0697. The summed E-state index contributed by atoms with van der Waals surface area (Å²) < 4.78 is 4.93. The first-order chi connectivity index (χ1) is 9.63. The van der Waals surface area contributed by atoms with E-state index in [9.17, 15) is 9.59 Å². The van der Waals surface area contributed by atoms with E-state index in [-0.39, 0.29) is 11.6 Å². The van der Waals surface area contributed by atoms with Crippen molar-refractivity contribution in [2.45, 2.75) is 19.3 Å². The van der Waals surface area contributed by atoms with Crippen LogP contribution in [0.15, 0.2) is 24.3 Å². The highest BCUT2D eigenvalue weighted by Gasteiger charge is 2.05. The fourth-order valence-electron chi connectivity index (χ4n) is 1.66. The van der Waals surface area contributed by atoms with Crippen LogP contribution in [0.2, 0.25) is 0 Å². The van der Waals surface area contributed by atoms with Crippen molar-refractivity contribution in [2.75, 3.05) is 25.6 Å². The summed E-state index contributed by atoms with van der Waals surface area (Å²) in [6, 6.07) is 5.79. The molecule has 0 saturated heterocycles. The average Bonchev–Trinajstić information content (AvgIpc) is 2.43. The molecular weight excluding hydrogens is 260 g/mol. The number of ether oxygens (including phenoxy) is 1. The smallest absolute Gasteiger partial charge is 0.335 e. The Hall–Kier alpha value is -2.08. The highest BCUT2D eigenvalue weighted by molar-refractivity contribution is 5.93. The Bertz CT molecular complexity index is 449. The van der Waals surface area contributed by atoms with E-state index in [1.807, 2.05) is 0 Å². The monoisotopic (exact) mass is 280 g/mol. The number of benzene rings is 1. The molecule has 0 heterocycles. The van der Waals surface area contributed by atoms with E-state index in [1.165, 1.54) is 12.1 Å². The molecule has 0 spiro atoms. The first-order valence-corrected chi connectivity index (χ1v) is 6.50. The zero-order chi connectivity index (χ0) is 14.8. The van der Waals surface area contributed by atoms with Gasteiger partial charge in [0, 0.05) is 25.9 Å². The quantitative estimate of drug-likeness (QED) is 0.638. The molecule has 1 aromatic rings. The Kier molecular flexibility index (Phi) is 7.13. The average molecular weight is 280 g/mol. The molecule has 0 atom stereocenters. The molecule has 0 radical (unpaired) electrons. The van der Waals surface area contributed by atoms with Crippen LogP contribution in [0, 0.1) is 0 Å². The Morgan fingerprint density at radius 2 is 2.05 bits per heavy atom. The van der Waals surface area contributed by atoms with Gasteiger partial charge >= 0.3 is 12.0 Å². The van der Waals surface area contributed by atoms with Crippen molar-refractivity contribution in [1.82, 2.24) is 5.32 Å². The van der Waals surface area contributed by atoms with Crippen LogP contribution in [-0.2, 0) is 4.74 Å². The van der Waals surface area contributed by atoms with Gasteiger partial charge in [0.2, 0.25) is 0 Å². The number of amides is 2. The predicted molar refractivity (Wildman–Crippen MR) is 76.1 cm³/mol. The van der Waals surface area contributed by atoms with Crippen LogP contribution >= 0.6 is 0 Å². The van der Waals surface area contributed by atoms with Crippen molar-refractivity contribution in [2.24, 2.45) is 0 Å². The minimum atomic E-state index is -1.02. The van der Waals surface area contributed by atoms with Crippen molar-refractivity contribution < 1.29 is 19.4 Å². The molecule has 2 amide bonds. The van der Waals surface area contributed by atoms with Gasteiger partial charge in [0.05, 0.1) is 5.56 Å². The highest BCUT2D eigenvalue weighted by Crippen LogP contribution is 2.10. The number of urea groups is 1. The minimum Gasteiger partial charge on any atom is -0.478 e. The van der Waals surface area contributed by atoms with Crippen LogP contribution in [-0.4, -0.2) is 37.4 Å². The zero-order valence-corrected chi connectivity index (χ0v) is 11.5. The molecule has 6 nitrogen and oxygen atoms in total. The van der Waals surface area contributed by atoms with E-state index in [0.717, 1.165) is 25.9 Å². The lowest BCUT2D eigenvalue weighted by Gasteiger charge is -2.08. The summed E-state index contributed by atoms with van der Waals surface area (Å²) in [5.74, 6) is -1.02. The molecule has 110 valence electrons. The Morgan fingerprint density at radius 1 is 1.25 bits per heavy atom. The number of rotatable bonds is 8. The summed E-state index contributed by atoms with van der Waals surface area (Å²) >= 11 is 0. The van der Waals surface area contributed by atoms with Gasteiger partial charge in [0.25, 0.3) is 0 Å². The summed E-state index contributed by atoms with van der Waals surface area (Å²) in [5, 5.41) is 14.2. The second-order valence-corrected chi connectivity index (χ2v) is 4.32. The summed E-state index contributed by atoms with van der Waals surface area (Å²) in [6.07, 6.45) is 2.84. The molecule has 6 heteroatoms. The van der Waals surface area contributed by atoms with Crippen molar-refractivity contribution >= 4 is 17.7 Å². The van der Waals surface area contributed by atoms with Crippen LogP contribution in [0.25, 0.3) is 0 Å². The minimum absolute atomic E-state index is 0.141. The van der Waals surface area contributed by atoms with E-state index in [2.05, 4.69) is 10.6 Å². The maximum atomic E-state index is 11.6. The normalized spacial score (nSPS) is 10.1. The first-order valence-electron chi connectivity index (χ1n) is 6.50. The van der Waals surface area contributed by atoms with E-state index >= 15 is 0 Å². The summed E-state index contributed by atoms with van der Waals surface area (Å²) in [7, 11) is 1.66. The lowest BCUT2D eigenvalue weighted by atomic mass is 10.2. The number of carbonyl (C=O) groups is 2. The third kappa shape index (κ3) is 6.19. The molecule has 0 unspecified atom stereocenters. The van der Waals surface area contributed by atoms with Gasteiger partial charge in [-0.2, -0.15) is 0 Å². The van der Waals surface area contributed by atoms with Gasteiger partial charge in [0.1, 0.15) is 0 Å². The topological polar surface area (TPSA) is 87.7 Å². The van der Waals surface area contributed by atoms with Gasteiger partial charge in [-0.3, -0.25) is 0 Å². The van der Waals surface area contributed by atoms with E-state index in [1.54, 1.807) is 19.2 Å². The van der Waals surface area contributed by atoms with Crippen molar-refractivity contribution in [3.63, 3.8) is 0 Å². The molecule has 0 fully saturated rings. The SMILES string of the molecule is COCCCCCNC(=O)Nc1cccc(C(=O)O)c1. The molecule has 1 rings (SSSR count). The molecule has 0 aliphatic carbocycles. The van der Waals surface area contributed by atoms with Gasteiger partial charge in [0.15, 0.2) is 0 Å². The molecule has 0 bridgehead atoms. The number of hydrogen-bond donors (Lipinski definition) is 3. The van der Waals surface area contributed by atoms with Crippen molar-refractivity contribution in [3.05, 3.63) is 29.8 Å². The van der Waals surface area contributed by atoms with Crippen LogP contribution in [0.5, 0.6) is 0 Å². The maximum absolute atomic E-state index is 11.6. The molecule has 0 saturated carbocycles. The van der Waals surface area contributed by atoms with E-state index in [4.69, 9.17) is 9.84 Å². The zero-order valence-electron chi connectivity index (χ0n) is 11.5. The van der Waals surface area contributed by atoms with Gasteiger partial charge < -0.3 is 20.5 Å². The first kappa shape index (κ1) is 16.0. The number of carboxylic acid groups (broad SMARTS) is 1. The largest absolute Gasteiger partial charge is 0.478 e. The van der Waals surface area contributed by atoms with E-state index in [0.29, 0.717) is 12.2 Å². The van der Waals surface area contributed by atoms with Crippen LogP contribution in [0.3, 0.4) is 0 Å². The predicted octanol–water partition coefficient (Wildman–Crippen LogP) is 2.32. The summed E-state index contributed by atoms with van der Waals surface area (Å²) in [4.78, 5) is 22.4. The number of anilines is 1.